The first-order valence-electron chi connectivity index (χ1n) is 4.34. The number of rotatable bonds is 2. The van der Waals surface area contributed by atoms with Gasteiger partial charge in [-0.1, -0.05) is 31.9 Å². The van der Waals surface area contributed by atoms with Crippen molar-refractivity contribution in [3.05, 3.63) is 40.8 Å². The topological polar surface area (TPSA) is 58.4 Å². The summed E-state index contributed by atoms with van der Waals surface area (Å²) in [5, 5.41) is 14.5. The van der Waals surface area contributed by atoms with Gasteiger partial charge < -0.3 is 5.11 Å². The van der Waals surface area contributed by atoms with Crippen LogP contribution in [0.4, 0.5) is 0 Å². The molecule has 0 fully saturated rings. The van der Waals surface area contributed by atoms with Crippen LogP contribution in [0.2, 0.25) is 0 Å². The van der Waals surface area contributed by atoms with Gasteiger partial charge in [-0.3, -0.25) is 5.01 Å². The zero-order valence-corrected chi connectivity index (χ0v) is 11.1. The number of nitrogens with zero attached hydrogens (tertiary/aromatic N) is 3. The van der Waals surface area contributed by atoms with Crippen LogP contribution in [-0.4, -0.2) is 25.9 Å². The average Bonchev–Trinajstić information content (AvgIpc) is 2.71. The number of carbonyl (C=O) groups is 1. The molecule has 1 aromatic rings. The molecule has 1 aliphatic rings. The smallest absolute Gasteiger partial charge is 0.338 e. The molecule has 1 N–H and O–H groups in total. The molecule has 0 bridgehead atoms. The fourth-order valence-corrected chi connectivity index (χ4v) is 2.06. The van der Waals surface area contributed by atoms with Crippen LogP contribution < -0.4 is 5.01 Å². The van der Waals surface area contributed by atoms with Crippen molar-refractivity contribution in [3.63, 3.8) is 0 Å². The lowest BCUT2D eigenvalue weighted by atomic mass is 10.4. The van der Waals surface area contributed by atoms with Crippen molar-refractivity contribution in [2.45, 2.75) is 4.95 Å². The molecular formula is C9H7Br2N3O2. The molecule has 1 atom stereocenters. The Bertz CT molecular complexity index is 481. The van der Waals surface area contributed by atoms with E-state index >= 15 is 0 Å². The molecule has 0 aliphatic carbocycles. The fraction of sp³-hybridized carbons (Fsp3) is 0.111. The van der Waals surface area contributed by atoms with E-state index in [0.717, 1.165) is 4.48 Å². The SMILES string of the molecule is O=C(O)c1cnn(N2C=CC=C(Br)C2Br)c1. The molecule has 0 saturated heterocycles. The maximum absolute atomic E-state index is 10.7. The van der Waals surface area contributed by atoms with E-state index in [1.165, 1.54) is 17.2 Å². The number of allylic oxidation sites excluding steroid dienone is 2. The Morgan fingerprint density at radius 3 is 2.94 bits per heavy atom. The normalized spacial score (nSPS) is 19.8. The maximum Gasteiger partial charge on any atom is 0.338 e. The summed E-state index contributed by atoms with van der Waals surface area (Å²) in [6, 6.07) is 0. The predicted octanol–water partition coefficient (Wildman–Crippen LogP) is 2.05. The van der Waals surface area contributed by atoms with E-state index in [2.05, 4.69) is 37.0 Å². The first-order chi connectivity index (χ1) is 7.59. The lowest BCUT2D eigenvalue weighted by Crippen LogP contribution is -2.37. The Morgan fingerprint density at radius 2 is 2.31 bits per heavy atom. The molecule has 84 valence electrons. The summed E-state index contributed by atoms with van der Waals surface area (Å²) in [4.78, 5) is 12.1. The van der Waals surface area contributed by atoms with Gasteiger partial charge in [0.05, 0.1) is 18.0 Å². The van der Waals surface area contributed by atoms with Crippen LogP contribution in [0.15, 0.2) is 35.2 Å². The molecule has 0 spiro atoms. The molecule has 2 heterocycles. The van der Waals surface area contributed by atoms with Gasteiger partial charge in [-0.15, -0.1) is 0 Å². The van der Waals surface area contributed by atoms with Crippen molar-refractivity contribution in [3.8, 4) is 0 Å². The van der Waals surface area contributed by atoms with Gasteiger partial charge in [0, 0.05) is 10.7 Å². The molecule has 7 heteroatoms. The summed E-state index contributed by atoms with van der Waals surface area (Å²) < 4.78 is 0.933. The first kappa shape index (κ1) is 11.4. The van der Waals surface area contributed by atoms with Crippen LogP contribution >= 0.6 is 31.9 Å². The fourth-order valence-electron chi connectivity index (χ4n) is 1.23. The quantitative estimate of drug-likeness (QED) is 0.656. The number of hydrogen-bond donors (Lipinski definition) is 1. The third-order valence-corrected chi connectivity index (χ3v) is 4.23. The van der Waals surface area contributed by atoms with Crippen LogP contribution in [0.25, 0.3) is 0 Å². The number of halogens is 2. The molecule has 0 saturated carbocycles. The monoisotopic (exact) mass is 347 g/mol. The summed E-state index contributed by atoms with van der Waals surface area (Å²) in [5.41, 5.74) is 0.152. The zero-order chi connectivity index (χ0) is 11.7. The molecule has 0 amide bonds. The molecule has 1 aliphatic heterocycles. The van der Waals surface area contributed by atoms with Crippen molar-refractivity contribution >= 4 is 37.8 Å². The zero-order valence-electron chi connectivity index (χ0n) is 7.92. The second-order valence-electron chi connectivity index (χ2n) is 3.06. The Morgan fingerprint density at radius 1 is 1.56 bits per heavy atom. The van der Waals surface area contributed by atoms with E-state index in [-0.39, 0.29) is 10.5 Å². The predicted molar refractivity (Wildman–Crippen MR) is 66.3 cm³/mol. The van der Waals surface area contributed by atoms with E-state index in [0.29, 0.717) is 0 Å². The largest absolute Gasteiger partial charge is 0.478 e. The molecule has 2 rings (SSSR count). The molecular weight excluding hydrogens is 342 g/mol. The summed E-state index contributed by atoms with van der Waals surface area (Å²) in [5.74, 6) is -0.993. The van der Waals surface area contributed by atoms with Crippen LogP contribution in [-0.2, 0) is 0 Å². The van der Waals surface area contributed by atoms with Crippen molar-refractivity contribution in [1.82, 2.24) is 9.89 Å². The summed E-state index contributed by atoms with van der Waals surface area (Å²) in [6.45, 7) is 0. The molecule has 5 nitrogen and oxygen atoms in total. The van der Waals surface area contributed by atoms with E-state index in [1.54, 1.807) is 11.2 Å². The van der Waals surface area contributed by atoms with E-state index in [9.17, 15) is 4.79 Å². The minimum absolute atomic E-state index is 0.0981. The Balaban J connectivity index is 2.28. The maximum atomic E-state index is 10.7. The Hall–Kier alpha value is -1.08. The standard InChI is InChI=1S/C9H7Br2N3O2/c10-7-2-1-3-13(8(7)11)14-5-6(4-12-14)9(15)16/h1-5,8H,(H,15,16). The summed E-state index contributed by atoms with van der Waals surface area (Å²) >= 11 is 6.85. The minimum atomic E-state index is -0.993. The molecule has 0 aromatic carbocycles. The Kier molecular flexibility index (Phi) is 3.15. The molecule has 16 heavy (non-hydrogen) atoms. The van der Waals surface area contributed by atoms with Gasteiger partial charge in [0.2, 0.25) is 0 Å². The lowest BCUT2D eigenvalue weighted by Gasteiger charge is -2.27. The van der Waals surface area contributed by atoms with Crippen molar-refractivity contribution in [1.29, 1.82) is 0 Å². The van der Waals surface area contributed by atoms with Crippen LogP contribution in [0.5, 0.6) is 0 Å². The van der Waals surface area contributed by atoms with Gasteiger partial charge >= 0.3 is 5.97 Å². The number of hydrogen-bond acceptors (Lipinski definition) is 3. The second kappa shape index (κ2) is 4.42. The van der Waals surface area contributed by atoms with Crippen molar-refractivity contribution in [2.75, 3.05) is 5.01 Å². The Labute approximate surface area is 108 Å². The van der Waals surface area contributed by atoms with E-state index in [1.807, 2.05) is 12.2 Å². The number of aromatic carboxylic acids is 1. The lowest BCUT2D eigenvalue weighted by molar-refractivity contribution is 0.0697. The third-order valence-electron chi connectivity index (χ3n) is 2.01. The highest BCUT2D eigenvalue weighted by Gasteiger charge is 2.20. The first-order valence-corrected chi connectivity index (χ1v) is 6.05. The van der Waals surface area contributed by atoms with E-state index < -0.39 is 5.97 Å². The highest BCUT2D eigenvalue weighted by Crippen LogP contribution is 2.25. The highest BCUT2D eigenvalue weighted by atomic mass is 79.9. The second-order valence-corrected chi connectivity index (χ2v) is 4.85. The van der Waals surface area contributed by atoms with Gasteiger partial charge in [0.1, 0.15) is 4.95 Å². The third kappa shape index (κ3) is 2.05. The summed E-state index contributed by atoms with van der Waals surface area (Å²) in [7, 11) is 0. The van der Waals surface area contributed by atoms with Crippen LogP contribution in [0.1, 0.15) is 10.4 Å². The van der Waals surface area contributed by atoms with Crippen molar-refractivity contribution in [2.24, 2.45) is 0 Å². The van der Waals surface area contributed by atoms with Crippen LogP contribution in [0.3, 0.4) is 0 Å². The number of alkyl halides is 1. The number of carboxylic acid groups (broad SMARTS) is 1. The van der Waals surface area contributed by atoms with Gasteiger partial charge in [0.25, 0.3) is 0 Å². The van der Waals surface area contributed by atoms with Gasteiger partial charge in [0.15, 0.2) is 0 Å². The van der Waals surface area contributed by atoms with Gasteiger partial charge in [-0.05, 0) is 12.2 Å². The van der Waals surface area contributed by atoms with Gasteiger partial charge in [-0.2, -0.15) is 9.89 Å². The van der Waals surface area contributed by atoms with E-state index in [4.69, 9.17) is 5.11 Å². The minimum Gasteiger partial charge on any atom is -0.478 e. The average molecular weight is 349 g/mol. The van der Waals surface area contributed by atoms with Gasteiger partial charge in [-0.25, -0.2) is 4.79 Å². The highest BCUT2D eigenvalue weighted by molar-refractivity contribution is 9.14. The van der Waals surface area contributed by atoms with Crippen molar-refractivity contribution < 1.29 is 9.90 Å². The molecule has 0 radical (unpaired) electrons. The molecule has 1 unspecified atom stereocenters. The number of carboxylic acids is 1. The van der Waals surface area contributed by atoms with Crippen LogP contribution in [0, 0.1) is 0 Å². The number of aromatic nitrogens is 2. The molecule has 1 aromatic heterocycles. The summed E-state index contributed by atoms with van der Waals surface area (Å²) in [6.07, 6.45) is 8.29.